The fourth-order valence-corrected chi connectivity index (χ4v) is 5.10. The molecule has 2 N–H and O–H groups in total. The maximum atomic E-state index is 14.1. The summed E-state index contributed by atoms with van der Waals surface area (Å²) in [5.41, 5.74) is 6.74. The molecule has 2 aliphatic rings. The van der Waals surface area contributed by atoms with E-state index in [9.17, 15) is 24.6 Å². The van der Waals surface area contributed by atoms with Gasteiger partial charge in [-0.05, 0) is 60.6 Å². The second-order valence-electron chi connectivity index (χ2n) is 8.54. The van der Waals surface area contributed by atoms with Crippen LogP contribution < -0.4 is 15.2 Å². The Hall–Kier alpha value is -4.35. The van der Waals surface area contributed by atoms with E-state index in [2.05, 4.69) is 18.2 Å². The molecule has 0 saturated carbocycles. The lowest BCUT2D eigenvalue weighted by molar-refractivity contribution is 0.280. The molecule has 0 saturated heterocycles. The largest absolute Gasteiger partial charge is 0.496 e. The molecule has 4 rings (SSSR count). The van der Waals surface area contributed by atoms with Crippen molar-refractivity contribution in [2.24, 2.45) is 17.1 Å². The van der Waals surface area contributed by atoms with Gasteiger partial charge in [0.05, 0.1) is 30.5 Å². The Kier molecular flexibility index (Phi) is 6.45. The van der Waals surface area contributed by atoms with Crippen molar-refractivity contribution >= 4 is 0 Å². The first-order valence-electron chi connectivity index (χ1n) is 11.1. The minimum atomic E-state index is -1.74. The van der Waals surface area contributed by atoms with Gasteiger partial charge in [-0.1, -0.05) is 12.1 Å². The standard InChI is InChI=1S/C27H22F2N4O2/c1-34-23-8-6-16(10-17(23)13-35-24-9-7-18(28)11-22(24)29)25-20-5-3-2-4-19(20)21(12-30)26(33)27(25,14-31)15-32/h4,6-11,20,25H,2-3,5,13,33H2,1H3/t20-,25+/m0/s1. The number of hydrogen-bond acceptors (Lipinski definition) is 6. The second kappa shape index (κ2) is 9.49. The van der Waals surface area contributed by atoms with Crippen molar-refractivity contribution in [3.63, 3.8) is 0 Å². The molecule has 0 spiro atoms. The van der Waals surface area contributed by atoms with Gasteiger partial charge in [-0.25, -0.2) is 8.78 Å². The number of fused-ring (bicyclic) bond motifs is 1. The number of hydrogen-bond donors (Lipinski definition) is 1. The molecule has 2 aromatic rings. The van der Waals surface area contributed by atoms with Gasteiger partial charge >= 0.3 is 0 Å². The number of halogens is 2. The van der Waals surface area contributed by atoms with Crippen molar-refractivity contribution in [1.29, 1.82) is 15.8 Å². The smallest absolute Gasteiger partial charge is 0.191 e. The lowest BCUT2D eigenvalue weighted by Gasteiger charge is -2.43. The molecular weight excluding hydrogens is 450 g/mol. The van der Waals surface area contributed by atoms with E-state index in [1.54, 1.807) is 18.2 Å². The minimum Gasteiger partial charge on any atom is -0.496 e. The van der Waals surface area contributed by atoms with E-state index in [0.717, 1.165) is 30.5 Å². The first-order chi connectivity index (χ1) is 16.9. The molecule has 0 unspecified atom stereocenters. The number of methoxy groups -OCH3 is 1. The molecule has 0 heterocycles. The molecule has 6 nitrogen and oxygen atoms in total. The van der Waals surface area contributed by atoms with Crippen LogP contribution in [0.3, 0.4) is 0 Å². The summed E-state index contributed by atoms with van der Waals surface area (Å²) in [6.07, 6.45) is 4.30. The molecular formula is C27H22F2N4O2. The predicted octanol–water partition coefficient (Wildman–Crippen LogP) is 5.15. The average molecular weight is 472 g/mol. The van der Waals surface area contributed by atoms with Crippen LogP contribution in [0.4, 0.5) is 8.78 Å². The van der Waals surface area contributed by atoms with Gasteiger partial charge in [-0.15, -0.1) is 0 Å². The summed E-state index contributed by atoms with van der Waals surface area (Å²) in [5.74, 6) is -2.08. The average Bonchev–Trinajstić information content (AvgIpc) is 2.87. The predicted molar refractivity (Wildman–Crippen MR) is 122 cm³/mol. The molecule has 0 bridgehead atoms. The molecule has 0 radical (unpaired) electrons. The SMILES string of the molecule is COc1ccc([C@@H]2[C@H]3CCCC=C3C(C#N)=C(N)C2(C#N)C#N)cc1COc1ccc(F)cc1F. The Morgan fingerprint density at radius 1 is 1.09 bits per heavy atom. The van der Waals surface area contributed by atoms with Gasteiger partial charge in [0.2, 0.25) is 0 Å². The van der Waals surface area contributed by atoms with E-state index in [1.165, 1.54) is 13.2 Å². The highest BCUT2D eigenvalue weighted by molar-refractivity contribution is 5.59. The van der Waals surface area contributed by atoms with Crippen LogP contribution in [-0.4, -0.2) is 7.11 Å². The number of allylic oxidation sites excluding steroid dienone is 4. The van der Waals surface area contributed by atoms with E-state index in [1.807, 2.05) is 6.08 Å². The number of ether oxygens (including phenoxy) is 2. The lowest BCUT2D eigenvalue weighted by Crippen LogP contribution is -2.42. The van der Waals surface area contributed by atoms with Crippen LogP contribution in [0.5, 0.6) is 11.5 Å². The van der Waals surface area contributed by atoms with Crippen LogP contribution in [0.1, 0.15) is 36.3 Å². The Bertz CT molecular complexity index is 1350. The molecule has 2 aromatic carbocycles. The van der Waals surface area contributed by atoms with Gasteiger partial charge in [0, 0.05) is 17.5 Å². The number of nitrogens with zero attached hydrogens (tertiary/aromatic N) is 3. The first-order valence-corrected chi connectivity index (χ1v) is 11.1. The monoisotopic (exact) mass is 472 g/mol. The zero-order valence-corrected chi connectivity index (χ0v) is 19.0. The lowest BCUT2D eigenvalue weighted by atomic mass is 9.56. The van der Waals surface area contributed by atoms with Gasteiger partial charge in [0.1, 0.15) is 24.2 Å². The third-order valence-electron chi connectivity index (χ3n) is 6.74. The third kappa shape index (κ3) is 3.96. The fourth-order valence-electron chi connectivity index (χ4n) is 5.10. The molecule has 0 fully saturated rings. The zero-order chi connectivity index (χ0) is 25.2. The molecule has 176 valence electrons. The Balaban J connectivity index is 1.81. The molecule has 8 heteroatoms. The summed E-state index contributed by atoms with van der Waals surface area (Å²) < 4.78 is 38.3. The molecule has 0 aromatic heterocycles. The number of nitrogens with two attached hydrogens (primary N) is 1. The normalized spacial score (nSPS) is 20.5. The van der Waals surface area contributed by atoms with Gasteiger partial charge in [0.15, 0.2) is 17.0 Å². The van der Waals surface area contributed by atoms with Crippen molar-refractivity contribution in [3.05, 3.63) is 82.1 Å². The van der Waals surface area contributed by atoms with Crippen LogP contribution in [-0.2, 0) is 6.61 Å². The van der Waals surface area contributed by atoms with Crippen LogP contribution in [0, 0.1) is 57.0 Å². The number of rotatable bonds is 5. The summed E-state index contributed by atoms with van der Waals surface area (Å²) in [6, 6.07) is 14.6. The van der Waals surface area contributed by atoms with E-state index in [-0.39, 0.29) is 29.5 Å². The highest BCUT2D eigenvalue weighted by atomic mass is 19.1. The van der Waals surface area contributed by atoms with Gasteiger partial charge in [-0.3, -0.25) is 0 Å². The summed E-state index contributed by atoms with van der Waals surface area (Å²) in [5, 5.41) is 30.1. The number of benzene rings is 2. The van der Waals surface area contributed by atoms with E-state index < -0.39 is 23.0 Å². The minimum absolute atomic E-state index is 0.0404. The molecule has 0 amide bonds. The van der Waals surface area contributed by atoms with Crippen LogP contribution in [0.15, 0.2) is 59.3 Å². The topological polar surface area (TPSA) is 116 Å². The van der Waals surface area contributed by atoms with Crippen LogP contribution >= 0.6 is 0 Å². The number of nitriles is 3. The van der Waals surface area contributed by atoms with Crippen molar-refractivity contribution in [1.82, 2.24) is 0 Å². The van der Waals surface area contributed by atoms with Crippen LogP contribution in [0.25, 0.3) is 0 Å². The van der Waals surface area contributed by atoms with E-state index >= 15 is 0 Å². The first kappa shape index (κ1) is 23.8. The quantitative estimate of drug-likeness (QED) is 0.644. The van der Waals surface area contributed by atoms with Crippen molar-refractivity contribution in [2.75, 3.05) is 7.11 Å². The zero-order valence-electron chi connectivity index (χ0n) is 19.0. The second-order valence-corrected chi connectivity index (χ2v) is 8.54. The van der Waals surface area contributed by atoms with Crippen molar-refractivity contribution < 1.29 is 18.3 Å². The summed E-state index contributed by atoms with van der Waals surface area (Å²) in [7, 11) is 1.48. The Morgan fingerprint density at radius 2 is 1.83 bits per heavy atom. The van der Waals surface area contributed by atoms with Gasteiger partial charge in [-0.2, -0.15) is 15.8 Å². The summed E-state index contributed by atoms with van der Waals surface area (Å²) >= 11 is 0. The van der Waals surface area contributed by atoms with Crippen molar-refractivity contribution in [3.8, 4) is 29.7 Å². The molecule has 0 aliphatic heterocycles. The molecule has 2 aliphatic carbocycles. The maximum Gasteiger partial charge on any atom is 0.191 e. The molecule has 35 heavy (non-hydrogen) atoms. The van der Waals surface area contributed by atoms with Gasteiger partial charge < -0.3 is 15.2 Å². The Labute approximate surface area is 202 Å². The van der Waals surface area contributed by atoms with Crippen LogP contribution in [0.2, 0.25) is 0 Å². The van der Waals surface area contributed by atoms with E-state index in [4.69, 9.17) is 15.2 Å². The van der Waals surface area contributed by atoms with E-state index in [0.29, 0.717) is 23.3 Å². The summed E-state index contributed by atoms with van der Waals surface area (Å²) in [6.45, 7) is -0.0967. The summed E-state index contributed by atoms with van der Waals surface area (Å²) in [4.78, 5) is 0. The van der Waals surface area contributed by atoms with Gasteiger partial charge in [0.25, 0.3) is 0 Å². The highest BCUT2D eigenvalue weighted by Crippen LogP contribution is 2.56. The third-order valence-corrected chi connectivity index (χ3v) is 6.74. The fraction of sp³-hybridized carbons (Fsp3) is 0.296. The highest BCUT2D eigenvalue weighted by Gasteiger charge is 2.53. The maximum absolute atomic E-state index is 14.1. The van der Waals surface area contributed by atoms with Crippen molar-refractivity contribution in [2.45, 2.75) is 31.8 Å². The Morgan fingerprint density at radius 3 is 2.49 bits per heavy atom. The molecule has 2 atom stereocenters.